The topological polar surface area (TPSA) is 92.1 Å². The van der Waals surface area contributed by atoms with Crippen molar-refractivity contribution in [3.63, 3.8) is 0 Å². The largest absolute Gasteiger partial charge is 0.440 e. The van der Waals surface area contributed by atoms with Gasteiger partial charge in [0.05, 0.1) is 23.4 Å². The van der Waals surface area contributed by atoms with Crippen LogP contribution in [0.4, 0.5) is 16.4 Å². The van der Waals surface area contributed by atoms with E-state index in [9.17, 15) is 14.4 Å². The maximum atomic E-state index is 13.1. The van der Waals surface area contributed by atoms with E-state index in [1.807, 2.05) is 24.8 Å². The van der Waals surface area contributed by atoms with Gasteiger partial charge in [-0.3, -0.25) is 14.9 Å². The monoisotopic (exact) mass is 473 g/mol. The molecule has 156 valence electrons. The summed E-state index contributed by atoms with van der Waals surface area (Å²) in [6, 6.07) is 6.24. The Morgan fingerprint density at radius 1 is 1.13 bits per heavy atom. The molecule has 1 N–H and O–H groups in total. The lowest BCUT2D eigenvalue weighted by Crippen LogP contribution is -2.54. The van der Waals surface area contributed by atoms with Gasteiger partial charge in [-0.25, -0.2) is 9.69 Å². The Morgan fingerprint density at radius 2 is 1.87 bits per heavy atom. The van der Waals surface area contributed by atoms with Gasteiger partial charge >= 0.3 is 6.03 Å². The second-order valence-electron chi connectivity index (χ2n) is 7.08. The zero-order chi connectivity index (χ0) is 21.4. The summed E-state index contributed by atoms with van der Waals surface area (Å²) < 4.78 is 11.9. The maximum Gasteiger partial charge on any atom is 0.335 e. The van der Waals surface area contributed by atoms with Crippen molar-refractivity contribution in [3.05, 3.63) is 51.2 Å². The van der Waals surface area contributed by atoms with Crippen molar-refractivity contribution in [1.29, 1.82) is 0 Å². The van der Waals surface area contributed by atoms with Gasteiger partial charge in [0, 0.05) is 19.2 Å². The molecule has 1 aromatic heterocycles. The number of nitrogens with one attached hydrogen (secondary N) is 1. The molecule has 8 nitrogen and oxygen atoms in total. The minimum Gasteiger partial charge on any atom is -0.440 e. The number of benzene rings is 1. The van der Waals surface area contributed by atoms with Crippen LogP contribution in [0, 0.1) is 13.8 Å². The first-order valence-electron chi connectivity index (χ1n) is 9.46. The summed E-state index contributed by atoms with van der Waals surface area (Å²) in [7, 11) is 0. The van der Waals surface area contributed by atoms with Gasteiger partial charge in [-0.15, -0.1) is 0 Å². The molecule has 0 saturated carbocycles. The summed E-state index contributed by atoms with van der Waals surface area (Å²) in [5.41, 5.74) is 1.97. The van der Waals surface area contributed by atoms with Gasteiger partial charge in [-0.1, -0.05) is 12.1 Å². The lowest BCUT2D eigenvalue weighted by molar-refractivity contribution is -0.122. The third-order valence-corrected chi connectivity index (χ3v) is 5.76. The first-order chi connectivity index (χ1) is 14.4. The van der Waals surface area contributed by atoms with E-state index in [1.165, 1.54) is 6.08 Å². The van der Waals surface area contributed by atoms with E-state index in [4.69, 9.17) is 9.15 Å². The van der Waals surface area contributed by atoms with Crippen LogP contribution in [0.25, 0.3) is 6.08 Å². The molecule has 2 aliphatic heterocycles. The predicted octanol–water partition coefficient (Wildman–Crippen LogP) is 3.16. The maximum absolute atomic E-state index is 13.1. The van der Waals surface area contributed by atoms with Gasteiger partial charge in [-0.05, 0) is 53.0 Å². The summed E-state index contributed by atoms with van der Waals surface area (Å²) in [5, 5.41) is 2.24. The number of amides is 4. The van der Waals surface area contributed by atoms with E-state index < -0.39 is 17.8 Å². The number of morpholine rings is 1. The fraction of sp³-hybridized carbons (Fsp3) is 0.286. The fourth-order valence-corrected chi connectivity index (χ4v) is 3.98. The standard InChI is InChI=1S/C21H20BrN3O5/c1-12-4-3-5-17(13(12)2)25-19(27)15(18(26)23-21(25)28)10-14-11-16(22)20(30-14)24-6-8-29-9-7-24/h3-5,10-11H,6-9H2,1-2H3,(H,23,26,28)/b15-10-. The highest BCUT2D eigenvalue weighted by atomic mass is 79.9. The Kier molecular flexibility index (Phi) is 5.48. The predicted molar refractivity (Wildman–Crippen MR) is 114 cm³/mol. The molecule has 30 heavy (non-hydrogen) atoms. The number of halogens is 1. The van der Waals surface area contributed by atoms with Gasteiger partial charge in [0.15, 0.2) is 0 Å². The molecule has 0 bridgehead atoms. The number of rotatable bonds is 3. The second-order valence-corrected chi connectivity index (χ2v) is 7.93. The molecule has 0 spiro atoms. The molecular weight excluding hydrogens is 454 g/mol. The molecule has 4 rings (SSSR count). The molecule has 0 unspecified atom stereocenters. The molecular formula is C21H20BrN3O5. The van der Waals surface area contributed by atoms with Crippen LogP contribution in [0.2, 0.25) is 0 Å². The van der Waals surface area contributed by atoms with Crippen molar-refractivity contribution in [2.45, 2.75) is 13.8 Å². The molecule has 2 fully saturated rings. The van der Waals surface area contributed by atoms with Crippen molar-refractivity contribution >= 4 is 51.4 Å². The van der Waals surface area contributed by atoms with Crippen LogP contribution >= 0.6 is 15.9 Å². The van der Waals surface area contributed by atoms with Crippen LogP contribution in [0.15, 0.2) is 38.7 Å². The molecule has 3 heterocycles. The highest BCUT2D eigenvalue weighted by Gasteiger charge is 2.38. The zero-order valence-corrected chi connectivity index (χ0v) is 18.1. The van der Waals surface area contributed by atoms with Gasteiger partial charge in [0.25, 0.3) is 11.8 Å². The Morgan fingerprint density at radius 3 is 2.60 bits per heavy atom. The van der Waals surface area contributed by atoms with E-state index in [0.29, 0.717) is 48.1 Å². The molecule has 1 aromatic carbocycles. The van der Waals surface area contributed by atoms with E-state index >= 15 is 0 Å². The molecule has 0 radical (unpaired) electrons. The molecule has 4 amide bonds. The second kappa shape index (κ2) is 8.08. The lowest BCUT2D eigenvalue weighted by atomic mass is 10.0. The Bertz CT molecular complexity index is 1070. The van der Waals surface area contributed by atoms with Gasteiger partial charge in [0.1, 0.15) is 11.3 Å². The highest BCUT2D eigenvalue weighted by Crippen LogP contribution is 2.33. The number of ether oxygens (including phenoxy) is 1. The van der Waals surface area contributed by atoms with Crippen molar-refractivity contribution in [1.82, 2.24) is 5.32 Å². The fourth-order valence-electron chi connectivity index (χ4n) is 3.43. The average Bonchev–Trinajstić information content (AvgIpc) is 3.09. The first kappa shape index (κ1) is 20.4. The number of nitrogens with zero attached hydrogens (tertiary/aromatic N) is 2. The van der Waals surface area contributed by atoms with Crippen LogP contribution in [0.1, 0.15) is 16.9 Å². The Labute approximate surface area is 181 Å². The lowest BCUT2D eigenvalue weighted by Gasteiger charge is -2.28. The van der Waals surface area contributed by atoms with Crippen LogP contribution in [0.3, 0.4) is 0 Å². The summed E-state index contributed by atoms with van der Waals surface area (Å²) >= 11 is 3.47. The van der Waals surface area contributed by atoms with Crippen LogP contribution in [-0.2, 0) is 14.3 Å². The van der Waals surface area contributed by atoms with E-state index in [1.54, 1.807) is 18.2 Å². The van der Waals surface area contributed by atoms with Gasteiger partial charge in [-0.2, -0.15) is 0 Å². The van der Waals surface area contributed by atoms with Gasteiger partial charge in [0.2, 0.25) is 5.88 Å². The number of imide groups is 2. The number of anilines is 2. The minimum absolute atomic E-state index is 0.176. The number of carbonyl (C=O) groups is 3. The SMILES string of the molecule is Cc1cccc(N2C(=O)NC(=O)/C(=C/c3cc(Br)c(N4CCOCC4)o3)C2=O)c1C. The van der Waals surface area contributed by atoms with Crippen LogP contribution in [-0.4, -0.2) is 44.1 Å². The average molecular weight is 474 g/mol. The number of hydrogen-bond acceptors (Lipinski definition) is 6. The number of urea groups is 1. The number of furan rings is 1. The normalized spacial score (nSPS) is 18.9. The number of hydrogen-bond donors (Lipinski definition) is 1. The Hall–Kier alpha value is -2.91. The molecule has 2 aromatic rings. The number of aryl methyl sites for hydroxylation is 1. The smallest absolute Gasteiger partial charge is 0.335 e. The summed E-state index contributed by atoms with van der Waals surface area (Å²) in [6.07, 6.45) is 1.36. The zero-order valence-electron chi connectivity index (χ0n) is 16.5. The van der Waals surface area contributed by atoms with E-state index in [0.717, 1.165) is 16.0 Å². The third kappa shape index (κ3) is 3.66. The van der Waals surface area contributed by atoms with Crippen molar-refractivity contribution in [3.8, 4) is 0 Å². The highest BCUT2D eigenvalue weighted by molar-refractivity contribution is 9.10. The van der Waals surface area contributed by atoms with E-state index in [2.05, 4.69) is 21.2 Å². The molecule has 9 heteroatoms. The Balaban J connectivity index is 1.69. The third-order valence-electron chi connectivity index (χ3n) is 5.19. The van der Waals surface area contributed by atoms with Crippen molar-refractivity contribution < 1.29 is 23.5 Å². The summed E-state index contributed by atoms with van der Waals surface area (Å²) in [5.74, 6) is -0.515. The molecule has 0 atom stereocenters. The number of carbonyl (C=O) groups excluding carboxylic acids is 3. The molecule has 2 aliphatic rings. The van der Waals surface area contributed by atoms with E-state index in [-0.39, 0.29) is 5.57 Å². The summed E-state index contributed by atoms with van der Waals surface area (Å²) in [6.45, 7) is 6.26. The first-order valence-corrected chi connectivity index (χ1v) is 10.3. The van der Waals surface area contributed by atoms with Crippen molar-refractivity contribution in [2.75, 3.05) is 36.1 Å². The molecule has 2 saturated heterocycles. The van der Waals surface area contributed by atoms with Gasteiger partial charge < -0.3 is 14.1 Å². The van der Waals surface area contributed by atoms with Crippen LogP contribution < -0.4 is 15.1 Å². The van der Waals surface area contributed by atoms with Crippen LogP contribution in [0.5, 0.6) is 0 Å². The molecule has 0 aliphatic carbocycles. The van der Waals surface area contributed by atoms with Crippen molar-refractivity contribution in [2.24, 2.45) is 0 Å². The summed E-state index contributed by atoms with van der Waals surface area (Å²) in [4.78, 5) is 41.0. The quantitative estimate of drug-likeness (QED) is 0.543. The minimum atomic E-state index is -0.773. The number of barbiturate groups is 1.